The zero-order valence-electron chi connectivity index (χ0n) is 14.9. The average Bonchev–Trinajstić information content (AvgIpc) is 2.59. The summed E-state index contributed by atoms with van der Waals surface area (Å²) in [6, 6.07) is 10.8. The van der Waals surface area contributed by atoms with Crippen molar-refractivity contribution in [3.8, 4) is 5.75 Å². The third-order valence-corrected chi connectivity index (χ3v) is 5.11. The fourth-order valence-corrected chi connectivity index (χ4v) is 3.79. The van der Waals surface area contributed by atoms with Crippen LogP contribution in [0.5, 0.6) is 5.75 Å². The number of sulfonamides is 1. The van der Waals surface area contributed by atoms with E-state index < -0.39 is 22.0 Å². The minimum atomic E-state index is -3.71. The Kier molecular flexibility index (Phi) is 7.04. The van der Waals surface area contributed by atoms with Gasteiger partial charge in [0, 0.05) is 5.02 Å². The van der Waals surface area contributed by atoms with Crippen molar-refractivity contribution in [3.05, 3.63) is 59.4 Å². The highest BCUT2D eigenvalue weighted by molar-refractivity contribution is 7.92. The molecule has 146 valence electrons. The normalized spacial score (nSPS) is 12.3. The van der Waals surface area contributed by atoms with Gasteiger partial charge in [-0.2, -0.15) is 0 Å². The first-order chi connectivity index (χ1) is 12.7. The molecule has 0 aliphatic heterocycles. The van der Waals surface area contributed by atoms with Crippen LogP contribution in [0.2, 0.25) is 5.02 Å². The number of carbonyl (C=O) groups is 1. The lowest BCUT2D eigenvalue weighted by molar-refractivity contribution is -0.121. The lowest BCUT2D eigenvalue weighted by atomic mass is 10.2. The van der Waals surface area contributed by atoms with Crippen LogP contribution in [-0.4, -0.2) is 39.8 Å². The molecule has 0 bridgehead atoms. The van der Waals surface area contributed by atoms with Gasteiger partial charge in [0.1, 0.15) is 24.2 Å². The quantitative estimate of drug-likeness (QED) is 0.674. The minimum absolute atomic E-state index is 0.153. The number of rotatable bonds is 8. The molecule has 0 radical (unpaired) electrons. The van der Waals surface area contributed by atoms with Gasteiger partial charge in [0.25, 0.3) is 0 Å². The van der Waals surface area contributed by atoms with Crippen LogP contribution in [0.1, 0.15) is 6.92 Å². The van der Waals surface area contributed by atoms with Gasteiger partial charge in [-0.15, -0.1) is 0 Å². The number of amides is 1. The first-order valence-electron chi connectivity index (χ1n) is 8.09. The second-order valence-corrected chi connectivity index (χ2v) is 8.10. The highest BCUT2D eigenvalue weighted by Gasteiger charge is 2.29. The van der Waals surface area contributed by atoms with E-state index in [1.54, 1.807) is 18.2 Å². The summed E-state index contributed by atoms with van der Waals surface area (Å²) in [4.78, 5) is 12.4. The van der Waals surface area contributed by atoms with Crippen LogP contribution in [0, 0.1) is 5.82 Å². The van der Waals surface area contributed by atoms with Gasteiger partial charge in [-0.05, 0) is 49.4 Å². The van der Waals surface area contributed by atoms with Crippen LogP contribution in [0.15, 0.2) is 48.5 Å². The summed E-state index contributed by atoms with van der Waals surface area (Å²) < 4.78 is 43.6. The fourth-order valence-electron chi connectivity index (χ4n) is 2.44. The molecule has 0 aromatic heterocycles. The van der Waals surface area contributed by atoms with Gasteiger partial charge in [0.2, 0.25) is 15.9 Å². The van der Waals surface area contributed by atoms with Gasteiger partial charge in [-0.3, -0.25) is 9.10 Å². The van der Waals surface area contributed by atoms with E-state index >= 15 is 0 Å². The Balaban J connectivity index is 1.97. The average molecular weight is 415 g/mol. The molecule has 0 saturated carbocycles. The smallest absolute Gasteiger partial charge is 0.243 e. The standard InChI is InChI=1S/C18H20ClFN2O4S/c1-13(22(27(2,24)25)16-5-3-4-14(19)12-16)18(23)21-10-11-26-17-8-6-15(20)7-9-17/h3-9,12-13H,10-11H2,1-2H3,(H,21,23). The van der Waals surface area contributed by atoms with Gasteiger partial charge >= 0.3 is 0 Å². The molecule has 27 heavy (non-hydrogen) atoms. The van der Waals surface area contributed by atoms with Crippen LogP contribution >= 0.6 is 11.6 Å². The van der Waals surface area contributed by atoms with Gasteiger partial charge in [-0.1, -0.05) is 17.7 Å². The Labute approximate surface area is 162 Å². The number of ether oxygens (including phenoxy) is 1. The van der Waals surface area contributed by atoms with Crippen molar-refractivity contribution >= 4 is 33.2 Å². The van der Waals surface area contributed by atoms with Crippen LogP contribution in [0.4, 0.5) is 10.1 Å². The van der Waals surface area contributed by atoms with E-state index in [0.29, 0.717) is 16.5 Å². The summed E-state index contributed by atoms with van der Waals surface area (Å²) in [6.45, 7) is 1.80. The molecule has 6 nitrogen and oxygen atoms in total. The number of halogens is 2. The Morgan fingerprint density at radius 1 is 1.26 bits per heavy atom. The summed E-state index contributed by atoms with van der Waals surface area (Å²) >= 11 is 5.93. The zero-order chi connectivity index (χ0) is 20.0. The van der Waals surface area contributed by atoms with Gasteiger partial charge in [-0.25, -0.2) is 12.8 Å². The molecule has 1 atom stereocenters. The van der Waals surface area contributed by atoms with Crippen LogP contribution in [0.25, 0.3) is 0 Å². The first-order valence-corrected chi connectivity index (χ1v) is 10.3. The summed E-state index contributed by atoms with van der Waals surface area (Å²) in [5.74, 6) is -0.384. The summed E-state index contributed by atoms with van der Waals surface area (Å²) in [7, 11) is -3.71. The molecule has 1 N–H and O–H groups in total. The fraction of sp³-hybridized carbons (Fsp3) is 0.278. The van der Waals surface area contributed by atoms with E-state index in [1.165, 1.54) is 37.3 Å². The lowest BCUT2D eigenvalue weighted by Crippen LogP contribution is -2.48. The Hall–Kier alpha value is -2.32. The number of anilines is 1. The molecule has 1 amide bonds. The summed E-state index contributed by atoms with van der Waals surface area (Å²) in [5.41, 5.74) is 0.301. The maximum atomic E-state index is 12.8. The molecule has 0 saturated heterocycles. The van der Waals surface area contributed by atoms with Crippen molar-refractivity contribution in [1.29, 1.82) is 0 Å². The number of hydrogen-bond acceptors (Lipinski definition) is 4. The predicted molar refractivity (Wildman–Crippen MR) is 103 cm³/mol. The van der Waals surface area contributed by atoms with E-state index in [9.17, 15) is 17.6 Å². The molecule has 0 aliphatic rings. The van der Waals surface area contributed by atoms with Crippen molar-refractivity contribution in [2.45, 2.75) is 13.0 Å². The number of nitrogens with one attached hydrogen (secondary N) is 1. The van der Waals surface area contributed by atoms with Crippen LogP contribution in [-0.2, 0) is 14.8 Å². The maximum Gasteiger partial charge on any atom is 0.243 e. The van der Waals surface area contributed by atoms with E-state index in [2.05, 4.69) is 5.32 Å². The Morgan fingerprint density at radius 2 is 1.93 bits per heavy atom. The molecule has 2 aromatic carbocycles. The second-order valence-electron chi connectivity index (χ2n) is 5.81. The molecule has 0 aliphatic carbocycles. The van der Waals surface area contributed by atoms with Crippen LogP contribution in [0.3, 0.4) is 0 Å². The number of benzene rings is 2. The third kappa shape index (κ3) is 6.11. The van der Waals surface area contributed by atoms with Crippen LogP contribution < -0.4 is 14.4 Å². The molecule has 1 unspecified atom stereocenters. The summed E-state index contributed by atoms with van der Waals surface area (Å²) in [5, 5.41) is 2.99. The van der Waals surface area contributed by atoms with Crippen molar-refractivity contribution in [2.24, 2.45) is 0 Å². The molecule has 0 fully saturated rings. The first kappa shape index (κ1) is 21.0. The van der Waals surface area contributed by atoms with E-state index in [-0.39, 0.29) is 19.0 Å². The van der Waals surface area contributed by atoms with Crippen molar-refractivity contribution < 1.29 is 22.3 Å². The molecule has 9 heteroatoms. The molecular formula is C18H20ClFN2O4S. The Bertz CT molecular complexity index is 890. The van der Waals surface area contributed by atoms with Crippen molar-refractivity contribution in [2.75, 3.05) is 23.7 Å². The number of carbonyl (C=O) groups excluding carboxylic acids is 1. The molecule has 2 rings (SSSR count). The molecule has 0 heterocycles. The van der Waals surface area contributed by atoms with Gasteiger partial charge in [0.05, 0.1) is 18.5 Å². The lowest BCUT2D eigenvalue weighted by Gasteiger charge is -2.28. The van der Waals surface area contributed by atoms with E-state index in [1.807, 2.05) is 0 Å². The SMILES string of the molecule is CC(C(=O)NCCOc1ccc(F)cc1)N(c1cccc(Cl)c1)S(C)(=O)=O. The van der Waals surface area contributed by atoms with E-state index in [4.69, 9.17) is 16.3 Å². The minimum Gasteiger partial charge on any atom is -0.492 e. The van der Waals surface area contributed by atoms with Gasteiger partial charge < -0.3 is 10.1 Å². The predicted octanol–water partition coefficient (Wildman–Crippen LogP) is 2.83. The topological polar surface area (TPSA) is 75.7 Å². The summed E-state index contributed by atoms with van der Waals surface area (Å²) in [6.07, 6.45) is 1.02. The molecule has 2 aromatic rings. The number of nitrogens with zero attached hydrogens (tertiary/aromatic N) is 1. The van der Waals surface area contributed by atoms with Crippen molar-refractivity contribution in [3.63, 3.8) is 0 Å². The number of hydrogen-bond donors (Lipinski definition) is 1. The maximum absolute atomic E-state index is 12.8. The second kappa shape index (κ2) is 9.05. The zero-order valence-corrected chi connectivity index (χ0v) is 16.4. The highest BCUT2D eigenvalue weighted by Crippen LogP contribution is 2.24. The van der Waals surface area contributed by atoms with E-state index in [0.717, 1.165) is 10.6 Å². The largest absolute Gasteiger partial charge is 0.492 e. The third-order valence-electron chi connectivity index (χ3n) is 3.63. The van der Waals surface area contributed by atoms with Crippen molar-refractivity contribution in [1.82, 2.24) is 5.32 Å². The monoisotopic (exact) mass is 414 g/mol. The Morgan fingerprint density at radius 3 is 2.52 bits per heavy atom. The molecule has 0 spiro atoms. The highest BCUT2D eigenvalue weighted by atomic mass is 35.5. The van der Waals surface area contributed by atoms with Gasteiger partial charge in [0.15, 0.2) is 0 Å². The molecular weight excluding hydrogens is 395 g/mol.